The van der Waals surface area contributed by atoms with Gasteiger partial charge in [-0.15, -0.1) is 11.3 Å². The number of nitrogens with one attached hydrogen (secondary N) is 1. The van der Waals surface area contributed by atoms with E-state index in [4.69, 9.17) is 11.0 Å². The first kappa shape index (κ1) is 14.8. The lowest BCUT2D eigenvalue weighted by atomic mass is 10.2. The van der Waals surface area contributed by atoms with Gasteiger partial charge in [-0.3, -0.25) is 4.72 Å². The Bertz CT molecular complexity index is 787. The molecule has 0 saturated heterocycles. The Kier molecular flexibility index (Phi) is 4.04. The zero-order chi connectivity index (χ0) is 14.9. The smallest absolute Gasteiger partial charge is 0.271 e. The number of hydrogen-bond acceptors (Lipinski definition) is 5. The van der Waals surface area contributed by atoms with Crippen LogP contribution in [-0.2, 0) is 10.0 Å². The minimum atomic E-state index is -3.71. The lowest BCUT2D eigenvalue weighted by Crippen LogP contribution is -2.12. The van der Waals surface area contributed by atoms with Gasteiger partial charge in [0, 0.05) is 5.69 Å². The van der Waals surface area contributed by atoms with E-state index in [9.17, 15) is 8.42 Å². The number of anilines is 2. The highest BCUT2D eigenvalue weighted by atomic mass is 79.9. The molecule has 1 heterocycles. The number of halogens is 1. The van der Waals surface area contributed by atoms with Gasteiger partial charge in [-0.1, -0.05) is 0 Å². The van der Waals surface area contributed by atoms with Gasteiger partial charge in [0.05, 0.1) is 15.0 Å². The number of benzene rings is 1. The average molecular weight is 372 g/mol. The monoisotopic (exact) mass is 371 g/mol. The molecule has 8 heteroatoms. The number of nitriles is 1. The van der Waals surface area contributed by atoms with Crippen LogP contribution < -0.4 is 10.5 Å². The van der Waals surface area contributed by atoms with Crippen LogP contribution in [0.3, 0.4) is 0 Å². The van der Waals surface area contributed by atoms with Crippen molar-refractivity contribution in [1.82, 2.24) is 0 Å². The molecule has 20 heavy (non-hydrogen) atoms. The molecule has 1 aromatic heterocycles. The van der Waals surface area contributed by atoms with E-state index in [1.165, 1.54) is 18.2 Å². The summed E-state index contributed by atoms with van der Waals surface area (Å²) in [6.45, 7) is 1.81. The molecule has 2 rings (SSSR count). The number of hydrogen-bond donors (Lipinski definition) is 2. The van der Waals surface area contributed by atoms with E-state index < -0.39 is 10.0 Å². The zero-order valence-corrected chi connectivity index (χ0v) is 13.6. The number of nitrogens with zero attached hydrogens (tertiary/aromatic N) is 1. The van der Waals surface area contributed by atoms with Crippen molar-refractivity contribution in [2.45, 2.75) is 11.1 Å². The number of nitrogen functional groups attached to an aromatic ring is 1. The molecule has 0 radical (unpaired) electrons. The summed E-state index contributed by atoms with van der Waals surface area (Å²) in [6.07, 6.45) is 0. The van der Waals surface area contributed by atoms with Crippen molar-refractivity contribution in [2.24, 2.45) is 0 Å². The summed E-state index contributed by atoms with van der Waals surface area (Å²) >= 11 is 4.40. The van der Waals surface area contributed by atoms with E-state index in [2.05, 4.69) is 20.7 Å². The second-order valence-electron chi connectivity index (χ2n) is 4.04. The van der Waals surface area contributed by atoms with Gasteiger partial charge in [-0.05, 0) is 52.7 Å². The largest absolute Gasteiger partial charge is 0.399 e. The van der Waals surface area contributed by atoms with E-state index in [-0.39, 0.29) is 15.5 Å². The summed E-state index contributed by atoms with van der Waals surface area (Å²) < 4.78 is 27.9. The maximum Gasteiger partial charge on any atom is 0.271 e. The molecule has 0 saturated carbocycles. The topological polar surface area (TPSA) is 96.0 Å². The van der Waals surface area contributed by atoms with Crippen LogP contribution in [0.25, 0.3) is 0 Å². The summed E-state index contributed by atoms with van der Waals surface area (Å²) in [5.41, 5.74) is 7.20. The van der Waals surface area contributed by atoms with Crippen LogP contribution in [0.1, 0.15) is 11.1 Å². The standard InChI is InChI=1S/C12H10BrN3O2S2/c1-7-4-11(19-12(7)13)20(17,18)16-10-3-2-9(15)5-8(10)6-14/h2-5,16H,15H2,1H3. The van der Waals surface area contributed by atoms with Gasteiger partial charge in [0.2, 0.25) is 0 Å². The molecule has 0 aliphatic heterocycles. The van der Waals surface area contributed by atoms with Gasteiger partial charge in [-0.2, -0.15) is 5.26 Å². The fourth-order valence-electron chi connectivity index (χ4n) is 1.50. The lowest BCUT2D eigenvalue weighted by molar-refractivity contribution is 0.603. The van der Waals surface area contributed by atoms with Crippen LogP contribution in [0.4, 0.5) is 11.4 Å². The van der Waals surface area contributed by atoms with Gasteiger partial charge >= 0.3 is 0 Å². The Morgan fingerprint density at radius 2 is 2.10 bits per heavy atom. The van der Waals surface area contributed by atoms with Crippen molar-refractivity contribution < 1.29 is 8.42 Å². The molecule has 0 amide bonds. The molecule has 2 aromatic rings. The molecule has 0 spiro atoms. The molecule has 1 aromatic carbocycles. The van der Waals surface area contributed by atoms with E-state index in [0.29, 0.717) is 5.69 Å². The normalized spacial score (nSPS) is 11.1. The fraction of sp³-hybridized carbons (Fsp3) is 0.0833. The molecule has 104 valence electrons. The minimum absolute atomic E-state index is 0.181. The quantitative estimate of drug-likeness (QED) is 0.810. The van der Waals surface area contributed by atoms with Gasteiger partial charge in [0.1, 0.15) is 10.3 Å². The molecule has 0 atom stereocenters. The highest BCUT2D eigenvalue weighted by Gasteiger charge is 2.19. The van der Waals surface area contributed by atoms with Crippen molar-refractivity contribution in [3.8, 4) is 6.07 Å². The predicted octanol–water partition coefficient (Wildman–Crippen LogP) is 3.07. The van der Waals surface area contributed by atoms with Crippen molar-refractivity contribution in [2.75, 3.05) is 10.5 Å². The Balaban J connectivity index is 2.41. The van der Waals surface area contributed by atoms with Gasteiger partial charge in [0.15, 0.2) is 0 Å². The summed E-state index contributed by atoms with van der Waals surface area (Å²) in [6, 6.07) is 7.92. The van der Waals surface area contributed by atoms with Crippen LogP contribution in [0, 0.1) is 18.3 Å². The molecule has 0 unspecified atom stereocenters. The van der Waals surface area contributed by atoms with E-state index in [1.807, 2.05) is 13.0 Å². The molecular formula is C12H10BrN3O2S2. The highest BCUT2D eigenvalue weighted by molar-refractivity contribution is 9.11. The van der Waals surface area contributed by atoms with Gasteiger partial charge in [0.25, 0.3) is 10.0 Å². The maximum absolute atomic E-state index is 12.3. The first-order valence-electron chi connectivity index (χ1n) is 5.42. The maximum atomic E-state index is 12.3. The average Bonchev–Trinajstić information content (AvgIpc) is 2.72. The van der Waals surface area contributed by atoms with Crippen molar-refractivity contribution in [3.63, 3.8) is 0 Å². The minimum Gasteiger partial charge on any atom is -0.399 e. The third-order valence-electron chi connectivity index (χ3n) is 2.51. The second-order valence-corrected chi connectivity index (χ2v) is 8.32. The summed E-state index contributed by atoms with van der Waals surface area (Å²) in [5, 5.41) is 9.01. The van der Waals surface area contributed by atoms with Crippen molar-refractivity contribution in [1.29, 1.82) is 5.26 Å². The lowest BCUT2D eigenvalue weighted by Gasteiger charge is -2.08. The molecule has 3 N–H and O–H groups in total. The van der Waals surface area contributed by atoms with Crippen LogP contribution in [0.5, 0.6) is 0 Å². The van der Waals surface area contributed by atoms with E-state index >= 15 is 0 Å². The summed E-state index contributed by atoms with van der Waals surface area (Å²) in [5.74, 6) is 0. The molecule has 5 nitrogen and oxygen atoms in total. The highest BCUT2D eigenvalue weighted by Crippen LogP contribution is 2.32. The van der Waals surface area contributed by atoms with Crippen molar-refractivity contribution >= 4 is 48.7 Å². The fourth-order valence-corrected chi connectivity index (χ4v) is 4.81. The Hall–Kier alpha value is -1.56. The van der Waals surface area contributed by atoms with E-state index in [1.54, 1.807) is 6.07 Å². The van der Waals surface area contributed by atoms with Gasteiger partial charge < -0.3 is 5.73 Å². The third kappa shape index (κ3) is 2.95. The van der Waals surface area contributed by atoms with Crippen LogP contribution in [-0.4, -0.2) is 8.42 Å². The summed E-state index contributed by atoms with van der Waals surface area (Å²) in [4.78, 5) is 0. The molecule has 0 bridgehead atoms. The SMILES string of the molecule is Cc1cc(S(=O)(=O)Nc2ccc(N)cc2C#N)sc1Br. The first-order valence-corrected chi connectivity index (χ1v) is 8.51. The number of rotatable bonds is 3. The number of sulfonamides is 1. The zero-order valence-electron chi connectivity index (χ0n) is 10.3. The Morgan fingerprint density at radius 1 is 1.40 bits per heavy atom. The summed E-state index contributed by atoms with van der Waals surface area (Å²) in [7, 11) is -3.71. The molecular weight excluding hydrogens is 362 g/mol. The Morgan fingerprint density at radius 3 is 2.65 bits per heavy atom. The Labute approximate surface area is 129 Å². The van der Waals surface area contributed by atoms with Crippen LogP contribution >= 0.6 is 27.3 Å². The number of aryl methyl sites for hydroxylation is 1. The molecule has 0 fully saturated rings. The second kappa shape index (κ2) is 5.44. The third-order valence-corrected chi connectivity index (χ3v) is 6.48. The van der Waals surface area contributed by atoms with E-state index in [0.717, 1.165) is 20.7 Å². The number of nitrogens with two attached hydrogens (primary N) is 1. The van der Waals surface area contributed by atoms with Gasteiger partial charge in [-0.25, -0.2) is 8.42 Å². The van der Waals surface area contributed by atoms with Crippen LogP contribution in [0.15, 0.2) is 32.3 Å². The molecule has 0 aliphatic carbocycles. The first-order chi connectivity index (χ1) is 9.33. The predicted molar refractivity (Wildman–Crippen MR) is 83.1 cm³/mol. The van der Waals surface area contributed by atoms with Crippen LogP contribution in [0.2, 0.25) is 0 Å². The van der Waals surface area contributed by atoms with Crippen molar-refractivity contribution in [3.05, 3.63) is 39.2 Å². The number of thiophene rings is 1. The molecule has 0 aliphatic rings.